The van der Waals surface area contributed by atoms with Crippen LogP contribution in [0.15, 0.2) is 24.5 Å². The standard InChI is InChI=1S/C13H18N2O3/c1-2-3-9-18-12(16)6-8-15-13(17)11-5-4-7-14-10-11/h4-5,7,10H,2-3,6,8-9H2,1H3,(H,15,17). The highest BCUT2D eigenvalue weighted by Crippen LogP contribution is 1.96. The summed E-state index contributed by atoms with van der Waals surface area (Å²) in [5.41, 5.74) is 0.483. The summed E-state index contributed by atoms with van der Waals surface area (Å²) in [6.45, 7) is 2.76. The maximum absolute atomic E-state index is 11.6. The van der Waals surface area contributed by atoms with Crippen LogP contribution in [0.2, 0.25) is 0 Å². The predicted octanol–water partition coefficient (Wildman–Crippen LogP) is 1.54. The Kier molecular flexibility index (Phi) is 6.46. The Bertz CT molecular complexity index is 379. The molecule has 1 aromatic heterocycles. The second kappa shape index (κ2) is 8.22. The SMILES string of the molecule is CCCCOC(=O)CCNC(=O)c1cccnc1. The molecule has 18 heavy (non-hydrogen) atoms. The van der Waals surface area contributed by atoms with Gasteiger partial charge in [0.1, 0.15) is 0 Å². The van der Waals surface area contributed by atoms with E-state index in [0.29, 0.717) is 12.2 Å². The first-order chi connectivity index (χ1) is 8.74. The zero-order chi connectivity index (χ0) is 13.2. The Hall–Kier alpha value is -1.91. The highest BCUT2D eigenvalue weighted by molar-refractivity contribution is 5.93. The fourth-order valence-corrected chi connectivity index (χ4v) is 1.28. The van der Waals surface area contributed by atoms with Crippen molar-refractivity contribution in [3.63, 3.8) is 0 Å². The number of unbranched alkanes of at least 4 members (excludes halogenated alkanes) is 1. The van der Waals surface area contributed by atoms with E-state index in [9.17, 15) is 9.59 Å². The van der Waals surface area contributed by atoms with E-state index in [4.69, 9.17) is 4.74 Å². The number of nitrogens with zero attached hydrogens (tertiary/aromatic N) is 1. The lowest BCUT2D eigenvalue weighted by molar-refractivity contribution is -0.143. The third-order valence-electron chi connectivity index (χ3n) is 2.30. The minimum Gasteiger partial charge on any atom is -0.466 e. The van der Waals surface area contributed by atoms with Crippen molar-refractivity contribution in [3.8, 4) is 0 Å². The summed E-state index contributed by atoms with van der Waals surface area (Å²) in [7, 11) is 0. The molecule has 0 spiro atoms. The van der Waals surface area contributed by atoms with Gasteiger partial charge in [0, 0.05) is 18.9 Å². The maximum atomic E-state index is 11.6. The molecule has 5 heteroatoms. The Morgan fingerprint density at radius 1 is 1.44 bits per heavy atom. The number of rotatable bonds is 7. The van der Waals surface area contributed by atoms with Gasteiger partial charge in [0.25, 0.3) is 5.91 Å². The van der Waals surface area contributed by atoms with E-state index >= 15 is 0 Å². The minimum absolute atomic E-state index is 0.190. The van der Waals surface area contributed by atoms with Crippen LogP contribution in [0.5, 0.6) is 0 Å². The van der Waals surface area contributed by atoms with Gasteiger partial charge in [-0.2, -0.15) is 0 Å². The molecular weight excluding hydrogens is 232 g/mol. The van der Waals surface area contributed by atoms with Crippen LogP contribution in [0.1, 0.15) is 36.5 Å². The smallest absolute Gasteiger partial charge is 0.307 e. The first-order valence-electron chi connectivity index (χ1n) is 6.08. The molecular formula is C13H18N2O3. The Morgan fingerprint density at radius 3 is 2.94 bits per heavy atom. The highest BCUT2D eigenvalue weighted by atomic mass is 16.5. The highest BCUT2D eigenvalue weighted by Gasteiger charge is 2.06. The number of pyridine rings is 1. The average Bonchev–Trinajstić information content (AvgIpc) is 2.40. The fourth-order valence-electron chi connectivity index (χ4n) is 1.28. The first-order valence-corrected chi connectivity index (χ1v) is 6.08. The quantitative estimate of drug-likeness (QED) is 0.589. The monoisotopic (exact) mass is 250 g/mol. The summed E-state index contributed by atoms with van der Waals surface area (Å²) in [6.07, 6.45) is 5.13. The molecule has 98 valence electrons. The van der Waals surface area contributed by atoms with Gasteiger partial charge >= 0.3 is 5.97 Å². The second-order valence-electron chi connectivity index (χ2n) is 3.82. The minimum atomic E-state index is -0.282. The molecule has 5 nitrogen and oxygen atoms in total. The van der Waals surface area contributed by atoms with Gasteiger partial charge in [-0.25, -0.2) is 0 Å². The topological polar surface area (TPSA) is 68.3 Å². The van der Waals surface area contributed by atoms with Crippen molar-refractivity contribution in [2.24, 2.45) is 0 Å². The second-order valence-corrected chi connectivity index (χ2v) is 3.82. The summed E-state index contributed by atoms with van der Waals surface area (Å²) >= 11 is 0. The van der Waals surface area contributed by atoms with Crippen molar-refractivity contribution in [2.45, 2.75) is 26.2 Å². The van der Waals surface area contributed by atoms with E-state index in [-0.39, 0.29) is 24.8 Å². The van der Waals surface area contributed by atoms with Gasteiger partial charge in [-0.1, -0.05) is 13.3 Å². The molecule has 0 aliphatic rings. The van der Waals surface area contributed by atoms with Crippen LogP contribution < -0.4 is 5.32 Å². The van der Waals surface area contributed by atoms with Crippen molar-refractivity contribution in [2.75, 3.05) is 13.2 Å². The van der Waals surface area contributed by atoms with Crippen LogP contribution in [0, 0.1) is 0 Å². The van der Waals surface area contributed by atoms with Crippen LogP contribution in [-0.4, -0.2) is 30.0 Å². The molecule has 1 rings (SSSR count). The number of carbonyl (C=O) groups excluding carboxylic acids is 2. The molecule has 0 aromatic carbocycles. The number of aromatic nitrogens is 1. The zero-order valence-corrected chi connectivity index (χ0v) is 10.5. The molecule has 0 unspecified atom stereocenters. The lowest BCUT2D eigenvalue weighted by Gasteiger charge is -2.05. The van der Waals surface area contributed by atoms with Crippen LogP contribution in [0.25, 0.3) is 0 Å². The molecule has 0 aliphatic carbocycles. The Morgan fingerprint density at radius 2 is 2.28 bits per heavy atom. The van der Waals surface area contributed by atoms with E-state index in [2.05, 4.69) is 10.3 Å². The van der Waals surface area contributed by atoms with E-state index in [1.165, 1.54) is 6.20 Å². The summed E-state index contributed by atoms with van der Waals surface area (Å²) in [5, 5.41) is 2.64. The molecule has 0 aliphatic heterocycles. The third-order valence-corrected chi connectivity index (χ3v) is 2.30. The van der Waals surface area contributed by atoms with Gasteiger partial charge in [0.05, 0.1) is 18.6 Å². The fraction of sp³-hybridized carbons (Fsp3) is 0.462. The summed E-state index contributed by atoms with van der Waals surface area (Å²) < 4.78 is 4.97. The lowest BCUT2D eigenvalue weighted by Crippen LogP contribution is -2.26. The van der Waals surface area contributed by atoms with E-state index in [1.54, 1.807) is 18.3 Å². The van der Waals surface area contributed by atoms with Crippen molar-refractivity contribution < 1.29 is 14.3 Å². The van der Waals surface area contributed by atoms with Gasteiger partial charge < -0.3 is 10.1 Å². The third kappa shape index (κ3) is 5.43. The lowest BCUT2D eigenvalue weighted by atomic mass is 10.2. The zero-order valence-electron chi connectivity index (χ0n) is 10.5. The van der Waals surface area contributed by atoms with Crippen molar-refractivity contribution >= 4 is 11.9 Å². The van der Waals surface area contributed by atoms with Crippen molar-refractivity contribution in [3.05, 3.63) is 30.1 Å². The number of amides is 1. The molecule has 1 aromatic rings. The van der Waals surface area contributed by atoms with Crippen LogP contribution in [-0.2, 0) is 9.53 Å². The number of hydrogen-bond acceptors (Lipinski definition) is 4. The largest absolute Gasteiger partial charge is 0.466 e. The Balaban J connectivity index is 2.18. The first kappa shape index (κ1) is 14.2. The normalized spacial score (nSPS) is 9.83. The summed E-state index contributed by atoms with van der Waals surface area (Å²) in [6, 6.07) is 3.36. The van der Waals surface area contributed by atoms with E-state index < -0.39 is 0 Å². The molecule has 0 fully saturated rings. The van der Waals surface area contributed by atoms with Crippen molar-refractivity contribution in [1.82, 2.24) is 10.3 Å². The predicted molar refractivity (Wildman–Crippen MR) is 67.1 cm³/mol. The number of hydrogen-bond donors (Lipinski definition) is 1. The van der Waals surface area contributed by atoms with Gasteiger partial charge in [-0.05, 0) is 18.6 Å². The molecule has 1 N–H and O–H groups in total. The van der Waals surface area contributed by atoms with Gasteiger partial charge in [0.15, 0.2) is 0 Å². The van der Waals surface area contributed by atoms with Crippen LogP contribution in [0.4, 0.5) is 0 Å². The van der Waals surface area contributed by atoms with Crippen molar-refractivity contribution in [1.29, 1.82) is 0 Å². The molecule has 0 saturated heterocycles. The van der Waals surface area contributed by atoms with E-state index in [0.717, 1.165) is 12.8 Å². The van der Waals surface area contributed by atoms with E-state index in [1.807, 2.05) is 6.92 Å². The average molecular weight is 250 g/mol. The number of ether oxygens (including phenoxy) is 1. The molecule has 0 bridgehead atoms. The van der Waals surface area contributed by atoms with Crippen LogP contribution >= 0.6 is 0 Å². The summed E-state index contributed by atoms with van der Waals surface area (Å²) in [5.74, 6) is -0.514. The molecule has 1 amide bonds. The molecule has 1 heterocycles. The number of carbonyl (C=O) groups is 2. The number of nitrogens with one attached hydrogen (secondary N) is 1. The van der Waals surface area contributed by atoms with Crippen LogP contribution in [0.3, 0.4) is 0 Å². The molecule has 0 radical (unpaired) electrons. The maximum Gasteiger partial charge on any atom is 0.307 e. The Labute approximate surface area is 107 Å². The van der Waals surface area contributed by atoms with Gasteiger partial charge in [-0.3, -0.25) is 14.6 Å². The number of esters is 1. The van der Waals surface area contributed by atoms with Gasteiger partial charge in [-0.15, -0.1) is 0 Å². The summed E-state index contributed by atoms with van der Waals surface area (Å²) in [4.78, 5) is 26.7. The van der Waals surface area contributed by atoms with Gasteiger partial charge in [0.2, 0.25) is 0 Å². The molecule has 0 atom stereocenters. The molecule has 0 saturated carbocycles.